The first-order valence-electron chi connectivity index (χ1n) is 9.76. The van der Waals surface area contributed by atoms with E-state index in [-0.39, 0.29) is 5.91 Å². The molecular formula is C25H18BrN3O2. The molecule has 1 heterocycles. The maximum Gasteiger partial charge on any atom is 0.256 e. The van der Waals surface area contributed by atoms with E-state index in [1.807, 2.05) is 78.9 Å². The van der Waals surface area contributed by atoms with Crippen LogP contribution in [0.25, 0.3) is 33.2 Å². The SMILES string of the molecule is COc1ccc(-c2nc3ccccc3[nH]2)cc1NC(=O)c1cccc2c(Br)cccc12. The van der Waals surface area contributed by atoms with Gasteiger partial charge in [0.15, 0.2) is 0 Å². The number of para-hydroxylation sites is 2. The quantitative estimate of drug-likeness (QED) is 0.318. The number of ether oxygens (including phenoxy) is 1. The minimum Gasteiger partial charge on any atom is -0.495 e. The lowest BCUT2D eigenvalue weighted by Gasteiger charge is -2.13. The van der Waals surface area contributed by atoms with Gasteiger partial charge in [0, 0.05) is 15.6 Å². The number of imidazole rings is 1. The lowest BCUT2D eigenvalue weighted by atomic mass is 10.0. The van der Waals surface area contributed by atoms with Crippen molar-refractivity contribution in [2.75, 3.05) is 12.4 Å². The number of hydrogen-bond donors (Lipinski definition) is 2. The topological polar surface area (TPSA) is 67.0 Å². The Balaban J connectivity index is 1.53. The molecule has 1 amide bonds. The van der Waals surface area contributed by atoms with Crippen molar-refractivity contribution in [3.05, 3.63) is 88.9 Å². The molecule has 0 bridgehead atoms. The van der Waals surface area contributed by atoms with E-state index in [0.29, 0.717) is 17.0 Å². The van der Waals surface area contributed by atoms with E-state index < -0.39 is 0 Å². The zero-order valence-corrected chi connectivity index (χ0v) is 18.2. The molecule has 4 aromatic carbocycles. The van der Waals surface area contributed by atoms with Gasteiger partial charge in [-0.3, -0.25) is 4.79 Å². The number of hydrogen-bond acceptors (Lipinski definition) is 3. The fraction of sp³-hybridized carbons (Fsp3) is 0.0400. The Morgan fingerprint density at radius 2 is 1.77 bits per heavy atom. The molecule has 0 fully saturated rings. The number of fused-ring (bicyclic) bond motifs is 2. The molecule has 31 heavy (non-hydrogen) atoms. The van der Waals surface area contributed by atoms with Crippen LogP contribution in [0, 0.1) is 0 Å². The number of carbonyl (C=O) groups is 1. The minimum absolute atomic E-state index is 0.205. The zero-order valence-electron chi connectivity index (χ0n) is 16.6. The average Bonchev–Trinajstić information content (AvgIpc) is 3.23. The summed E-state index contributed by atoms with van der Waals surface area (Å²) in [6, 6.07) is 25.0. The predicted molar refractivity (Wildman–Crippen MR) is 128 cm³/mol. The Bertz CT molecular complexity index is 1410. The normalized spacial score (nSPS) is 11.0. The van der Waals surface area contributed by atoms with Crippen molar-refractivity contribution in [3.8, 4) is 17.1 Å². The van der Waals surface area contributed by atoms with Gasteiger partial charge in [0.25, 0.3) is 5.91 Å². The Kier molecular flexibility index (Phi) is 4.92. The van der Waals surface area contributed by atoms with E-state index in [1.54, 1.807) is 7.11 Å². The summed E-state index contributed by atoms with van der Waals surface area (Å²) in [5.41, 5.74) is 3.88. The van der Waals surface area contributed by atoms with E-state index in [1.165, 1.54) is 0 Å². The Morgan fingerprint density at radius 3 is 2.61 bits per heavy atom. The van der Waals surface area contributed by atoms with Gasteiger partial charge in [-0.25, -0.2) is 4.98 Å². The molecule has 5 nitrogen and oxygen atoms in total. The summed E-state index contributed by atoms with van der Waals surface area (Å²) < 4.78 is 6.43. The highest BCUT2D eigenvalue weighted by molar-refractivity contribution is 9.10. The number of methoxy groups -OCH3 is 1. The number of aromatic amines is 1. The number of carbonyl (C=O) groups excluding carboxylic acids is 1. The first-order chi connectivity index (χ1) is 15.1. The molecule has 6 heteroatoms. The number of aromatic nitrogens is 2. The molecule has 0 saturated carbocycles. The van der Waals surface area contributed by atoms with Crippen LogP contribution in [-0.2, 0) is 0 Å². The Hall–Kier alpha value is -3.64. The smallest absolute Gasteiger partial charge is 0.256 e. The van der Waals surface area contributed by atoms with Crippen LogP contribution in [0.2, 0.25) is 0 Å². The third-order valence-corrected chi connectivity index (χ3v) is 5.92. The molecule has 0 atom stereocenters. The number of nitrogens with zero attached hydrogens (tertiary/aromatic N) is 1. The Labute approximate surface area is 187 Å². The second-order valence-corrected chi connectivity index (χ2v) is 7.97. The summed E-state index contributed by atoms with van der Waals surface area (Å²) in [5, 5.41) is 4.87. The Morgan fingerprint density at radius 1 is 0.968 bits per heavy atom. The molecule has 1 aromatic heterocycles. The number of halogens is 1. The van der Waals surface area contributed by atoms with Crippen molar-refractivity contribution in [1.29, 1.82) is 0 Å². The van der Waals surface area contributed by atoms with Crippen molar-refractivity contribution in [3.63, 3.8) is 0 Å². The van der Waals surface area contributed by atoms with Crippen molar-refractivity contribution < 1.29 is 9.53 Å². The van der Waals surface area contributed by atoms with Crippen molar-refractivity contribution in [2.45, 2.75) is 0 Å². The molecule has 5 aromatic rings. The molecule has 2 N–H and O–H groups in total. The number of anilines is 1. The van der Waals surface area contributed by atoms with Gasteiger partial charge < -0.3 is 15.0 Å². The molecule has 0 aliphatic rings. The largest absolute Gasteiger partial charge is 0.495 e. The highest BCUT2D eigenvalue weighted by Crippen LogP contribution is 2.32. The van der Waals surface area contributed by atoms with Crippen LogP contribution in [0.15, 0.2) is 83.3 Å². The minimum atomic E-state index is -0.205. The van der Waals surface area contributed by atoms with E-state index in [0.717, 1.165) is 37.7 Å². The molecule has 0 spiro atoms. The van der Waals surface area contributed by atoms with E-state index in [4.69, 9.17) is 4.74 Å². The highest BCUT2D eigenvalue weighted by atomic mass is 79.9. The first-order valence-corrected chi connectivity index (χ1v) is 10.5. The van der Waals surface area contributed by atoms with Crippen molar-refractivity contribution in [1.82, 2.24) is 9.97 Å². The molecule has 0 aliphatic carbocycles. The molecule has 5 rings (SSSR count). The second-order valence-electron chi connectivity index (χ2n) is 7.11. The van der Waals surface area contributed by atoms with Gasteiger partial charge in [0.2, 0.25) is 0 Å². The van der Waals surface area contributed by atoms with Crippen molar-refractivity contribution in [2.24, 2.45) is 0 Å². The fourth-order valence-electron chi connectivity index (χ4n) is 3.70. The summed E-state index contributed by atoms with van der Waals surface area (Å²) >= 11 is 3.56. The molecule has 152 valence electrons. The van der Waals surface area contributed by atoms with Gasteiger partial charge in [0.05, 0.1) is 23.8 Å². The third kappa shape index (κ3) is 3.55. The number of benzene rings is 4. The van der Waals surface area contributed by atoms with Crippen LogP contribution < -0.4 is 10.1 Å². The van der Waals surface area contributed by atoms with Crippen LogP contribution in [0.1, 0.15) is 10.4 Å². The monoisotopic (exact) mass is 471 g/mol. The zero-order chi connectivity index (χ0) is 21.4. The summed E-state index contributed by atoms with van der Waals surface area (Å²) in [6.45, 7) is 0. The molecule has 0 radical (unpaired) electrons. The summed E-state index contributed by atoms with van der Waals surface area (Å²) in [7, 11) is 1.58. The van der Waals surface area contributed by atoms with Crippen LogP contribution in [-0.4, -0.2) is 23.0 Å². The maximum atomic E-state index is 13.2. The van der Waals surface area contributed by atoms with Gasteiger partial charge in [0.1, 0.15) is 11.6 Å². The summed E-state index contributed by atoms with van der Waals surface area (Å²) in [5.74, 6) is 1.10. The van der Waals surface area contributed by atoms with E-state index in [2.05, 4.69) is 31.2 Å². The number of H-pyrrole nitrogens is 1. The summed E-state index contributed by atoms with van der Waals surface area (Å²) in [6.07, 6.45) is 0. The lowest BCUT2D eigenvalue weighted by molar-refractivity contribution is 0.102. The lowest BCUT2D eigenvalue weighted by Crippen LogP contribution is -2.13. The van der Waals surface area contributed by atoms with Gasteiger partial charge in [-0.05, 0) is 53.2 Å². The molecular weight excluding hydrogens is 454 g/mol. The first kappa shape index (κ1) is 19.3. The standard InChI is InChI=1S/C25H18BrN3O2/c1-31-23-13-12-15(24-27-20-10-2-3-11-21(20)28-24)14-22(23)29-25(30)18-8-4-7-17-16(18)6-5-9-19(17)26/h2-14H,1H3,(H,27,28)(H,29,30). The highest BCUT2D eigenvalue weighted by Gasteiger charge is 2.15. The maximum absolute atomic E-state index is 13.2. The number of rotatable bonds is 4. The van der Waals surface area contributed by atoms with Crippen LogP contribution in [0.5, 0.6) is 5.75 Å². The molecule has 0 saturated heterocycles. The van der Waals surface area contributed by atoms with Crippen molar-refractivity contribution >= 4 is 49.3 Å². The van der Waals surface area contributed by atoms with Gasteiger partial charge >= 0.3 is 0 Å². The average molecular weight is 472 g/mol. The van der Waals surface area contributed by atoms with Crippen LogP contribution in [0.4, 0.5) is 5.69 Å². The fourth-order valence-corrected chi connectivity index (χ4v) is 4.20. The van der Waals surface area contributed by atoms with Crippen LogP contribution in [0.3, 0.4) is 0 Å². The molecule has 0 unspecified atom stereocenters. The van der Waals surface area contributed by atoms with Gasteiger partial charge in [-0.15, -0.1) is 0 Å². The second kappa shape index (κ2) is 7.89. The third-order valence-electron chi connectivity index (χ3n) is 5.22. The van der Waals surface area contributed by atoms with Crippen LogP contribution >= 0.6 is 15.9 Å². The number of amides is 1. The summed E-state index contributed by atoms with van der Waals surface area (Å²) in [4.78, 5) is 21.2. The predicted octanol–water partition coefficient (Wildman–Crippen LogP) is 6.41. The van der Waals surface area contributed by atoms with Gasteiger partial charge in [-0.2, -0.15) is 0 Å². The van der Waals surface area contributed by atoms with E-state index in [9.17, 15) is 4.79 Å². The number of nitrogens with one attached hydrogen (secondary N) is 2. The molecule has 0 aliphatic heterocycles. The van der Waals surface area contributed by atoms with E-state index >= 15 is 0 Å². The van der Waals surface area contributed by atoms with Gasteiger partial charge in [-0.1, -0.05) is 52.3 Å².